The molecule has 1 aromatic carbocycles. The predicted molar refractivity (Wildman–Crippen MR) is 113 cm³/mol. The van der Waals surface area contributed by atoms with Gasteiger partial charge in [0.1, 0.15) is 12.0 Å². The van der Waals surface area contributed by atoms with Gasteiger partial charge < -0.3 is 18.6 Å². The number of aryl methyl sites for hydroxylation is 2. The Balaban J connectivity index is 1.36. The summed E-state index contributed by atoms with van der Waals surface area (Å²) in [7, 11) is 0. The van der Waals surface area contributed by atoms with Crippen molar-refractivity contribution in [1.29, 1.82) is 0 Å². The highest BCUT2D eigenvalue weighted by atomic mass is 32.2. The molecule has 0 aliphatic carbocycles. The van der Waals surface area contributed by atoms with Crippen LogP contribution in [0.15, 0.2) is 57.0 Å². The van der Waals surface area contributed by atoms with Crippen LogP contribution in [-0.2, 0) is 10.5 Å². The second-order valence-corrected chi connectivity index (χ2v) is 7.61. The number of nitrogens with zero attached hydrogens (tertiary/aromatic N) is 2. The third-order valence-electron chi connectivity index (χ3n) is 4.18. The fourth-order valence-electron chi connectivity index (χ4n) is 2.81. The molecular formula is C22H18N2O6S. The molecule has 2 aromatic heterocycles. The summed E-state index contributed by atoms with van der Waals surface area (Å²) in [5, 5.41) is 0.601. The number of rotatable bonds is 6. The molecule has 3 aromatic rings. The number of carbonyl (C=O) groups is 1. The van der Waals surface area contributed by atoms with Crippen LogP contribution in [-0.4, -0.2) is 22.7 Å². The Labute approximate surface area is 181 Å². The van der Waals surface area contributed by atoms with E-state index in [1.165, 1.54) is 23.9 Å². The summed E-state index contributed by atoms with van der Waals surface area (Å²) in [5.74, 6) is 1.17. The van der Waals surface area contributed by atoms with Crippen LogP contribution in [0.4, 0.5) is 0 Å². The average molecular weight is 438 g/mol. The van der Waals surface area contributed by atoms with E-state index < -0.39 is 11.4 Å². The molecule has 3 heterocycles. The number of hydrogen-bond donors (Lipinski definition) is 0. The number of aromatic nitrogens is 2. The fraction of sp³-hybridized carbons (Fsp3) is 0.182. The number of hydrogen-bond acceptors (Lipinski definition) is 9. The van der Waals surface area contributed by atoms with Gasteiger partial charge in [0.25, 0.3) is 0 Å². The van der Waals surface area contributed by atoms with Crippen molar-refractivity contribution < 1.29 is 23.4 Å². The molecule has 9 heteroatoms. The van der Waals surface area contributed by atoms with Crippen molar-refractivity contribution in [3.05, 3.63) is 75.6 Å². The van der Waals surface area contributed by atoms with Gasteiger partial charge in [0.05, 0.1) is 5.75 Å². The summed E-state index contributed by atoms with van der Waals surface area (Å²) >= 11 is 1.35. The van der Waals surface area contributed by atoms with Gasteiger partial charge in [-0.25, -0.2) is 14.8 Å². The maximum absolute atomic E-state index is 12.3. The van der Waals surface area contributed by atoms with Gasteiger partial charge in [0.2, 0.25) is 18.0 Å². The summed E-state index contributed by atoms with van der Waals surface area (Å²) in [4.78, 5) is 33.0. The van der Waals surface area contributed by atoms with Crippen molar-refractivity contribution >= 4 is 23.8 Å². The molecule has 1 aliphatic heterocycles. The molecule has 0 spiro atoms. The van der Waals surface area contributed by atoms with Gasteiger partial charge in [-0.1, -0.05) is 17.8 Å². The van der Waals surface area contributed by atoms with Gasteiger partial charge in [-0.2, -0.15) is 0 Å². The molecule has 0 saturated heterocycles. The molecule has 0 radical (unpaired) electrons. The van der Waals surface area contributed by atoms with Crippen molar-refractivity contribution in [3.63, 3.8) is 0 Å². The lowest BCUT2D eigenvalue weighted by atomic mass is 10.2. The SMILES string of the molecule is Cc1cc(C)nc(SCc2cc(=O)c(OC(=O)/C=C/c3ccc4c(c3)OCO4)co2)n1. The lowest BCUT2D eigenvalue weighted by Crippen LogP contribution is -2.12. The molecular weight excluding hydrogens is 420 g/mol. The summed E-state index contributed by atoms with van der Waals surface area (Å²) < 4.78 is 21.1. The molecule has 0 saturated carbocycles. The van der Waals surface area contributed by atoms with Crippen molar-refractivity contribution in [3.8, 4) is 17.2 Å². The van der Waals surface area contributed by atoms with E-state index in [0.717, 1.165) is 23.2 Å². The van der Waals surface area contributed by atoms with E-state index in [4.69, 9.17) is 18.6 Å². The number of carbonyl (C=O) groups excluding carboxylic acids is 1. The Kier molecular flexibility index (Phi) is 6.03. The molecule has 0 atom stereocenters. The number of thioether (sulfide) groups is 1. The lowest BCUT2D eigenvalue weighted by Gasteiger charge is -2.04. The predicted octanol–water partition coefficient (Wildman–Crippen LogP) is 3.69. The highest BCUT2D eigenvalue weighted by molar-refractivity contribution is 7.98. The minimum atomic E-state index is -0.698. The molecule has 4 rings (SSSR count). The first-order chi connectivity index (χ1) is 15.0. The number of benzene rings is 1. The molecule has 1 aliphatic rings. The minimum Gasteiger partial charge on any atom is -0.464 e. The third kappa shape index (κ3) is 5.32. The summed E-state index contributed by atoms with van der Waals surface area (Å²) in [6.07, 6.45) is 3.91. The second-order valence-electron chi connectivity index (χ2n) is 6.66. The van der Waals surface area contributed by atoms with Gasteiger partial charge in [0.15, 0.2) is 16.7 Å². The maximum Gasteiger partial charge on any atom is 0.336 e. The second kappa shape index (κ2) is 9.05. The van der Waals surface area contributed by atoms with E-state index in [1.54, 1.807) is 24.3 Å². The molecule has 158 valence electrons. The number of ether oxygens (including phenoxy) is 3. The van der Waals surface area contributed by atoms with Gasteiger partial charge in [-0.05, 0) is 43.7 Å². The highest BCUT2D eigenvalue weighted by Crippen LogP contribution is 2.32. The quantitative estimate of drug-likeness (QED) is 0.247. The standard InChI is InChI=1S/C22H18N2O6S/c1-13-7-14(2)24-22(23-13)31-11-16-9-17(25)20(10-27-16)30-21(26)6-4-15-3-5-18-19(8-15)29-12-28-18/h3-10H,11-12H2,1-2H3/b6-4+. The Morgan fingerprint density at radius 1 is 1.13 bits per heavy atom. The van der Waals surface area contributed by atoms with Crippen LogP contribution in [0, 0.1) is 13.8 Å². The highest BCUT2D eigenvalue weighted by Gasteiger charge is 2.13. The van der Waals surface area contributed by atoms with Crippen LogP contribution in [0.1, 0.15) is 22.7 Å². The molecule has 8 nitrogen and oxygen atoms in total. The van der Waals surface area contributed by atoms with E-state index >= 15 is 0 Å². The Bertz CT molecular complexity index is 1200. The molecule has 0 fully saturated rings. The molecule has 31 heavy (non-hydrogen) atoms. The summed E-state index contributed by atoms with van der Waals surface area (Å²) in [5.41, 5.74) is 2.02. The van der Waals surface area contributed by atoms with Gasteiger partial charge in [-0.15, -0.1) is 0 Å². The first-order valence-electron chi connectivity index (χ1n) is 9.32. The number of esters is 1. The Morgan fingerprint density at radius 3 is 2.68 bits per heavy atom. The van der Waals surface area contributed by atoms with Crippen LogP contribution in [0.3, 0.4) is 0 Å². The van der Waals surface area contributed by atoms with Crippen molar-refractivity contribution in [2.24, 2.45) is 0 Å². The van der Waals surface area contributed by atoms with Crippen LogP contribution in [0.25, 0.3) is 6.08 Å². The van der Waals surface area contributed by atoms with Gasteiger partial charge in [-0.3, -0.25) is 4.79 Å². The minimum absolute atomic E-state index is 0.173. The monoisotopic (exact) mass is 438 g/mol. The van der Waals surface area contributed by atoms with Crippen molar-refractivity contribution in [2.45, 2.75) is 24.8 Å². The van der Waals surface area contributed by atoms with Crippen LogP contribution in [0.5, 0.6) is 17.2 Å². The van der Waals surface area contributed by atoms with E-state index in [1.807, 2.05) is 19.9 Å². The summed E-state index contributed by atoms with van der Waals surface area (Å²) in [6.45, 7) is 3.96. The van der Waals surface area contributed by atoms with E-state index in [2.05, 4.69) is 9.97 Å². The average Bonchev–Trinajstić information content (AvgIpc) is 3.20. The largest absolute Gasteiger partial charge is 0.464 e. The zero-order chi connectivity index (χ0) is 21.8. The van der Waals surface area contributed by atoms with Crippen LogP contribution in [0.2, 0.25) is 0 Å². The first kappa shape index (κ1) is 20.7. The van der Waals surface area contributed by atoms with E-state index in [-0.39, 0.29) is 12.5 Å². The maximum atomic E-state index is 12.3. The lowest BCUT2D eigenvalue weighted by molar-refractivity contribution is -0.129. The van der Waals surface area contributed by atoms with Crippen LogP contribution < -0.4 is 19.6 Å². The van der Waals surface area contributed by atoms with Crippen molar-refractivity contribution in [2.75, 3.05) is 6.79 Å². The molecule has 0 bridgehead atoms. The fourth-order valence-corrected chi connectivity index (χ4v) is 3.65. The molecule has 0 unspecified atom stereocenters. The molecule has 0 amide bonds. The van der Waals surface area contributed by atoms with Crippen LogP contribution >= 0.6 is 11.8 Å². The Hall–Kier alpha value is -3.59. The zero-order valence-electron chi connectivity index (χ0n) is 16.8. The number of fused-ring (bicyclic) bond motifs is 1. The normalized spacial score (nSPS) is 12.3. The van der Waals surface area contributed by atoms with Gasteiger partial charge in [0, 0.05) is 23.5 Å². The first-order valence-corrected chi connectivity index (χ1v) is 10.3. The Morgan fingerprint density at radius 2 is 1.90 bits per heavy atom. The third-order valence-corrected chi connectivity index (χ3v) is 5.05. The summed E-state index contributed by atoms with van der Waals surface area (Å²) in [6, 6.07) is 8.44. The molecule has 0 N–H and O–H groups in total. The van der Waals surface area contributed by atoms with E-state index in [9.17, 15) is 9.59 Å². The van der Waals surface area contributed by atoms with Gasteiger partial charge >= 0.3 is 5.97 Å². The van der Waals surface area contributed by atoms with E-state index in [0.29, 0.717) is 28.2 Å². The topological polar surface area (TPSA) is 101 Å². The zero-order valence-corrected chi connectivity index (χ0v) is 17.6. The smallest absolute Gasteiger partial charge is 0.336 e. The van der Waals surface area contributed by atoms with Crippen molar-refractivity contribution in [1.82, 2.24) is 9.97 Å².